The highest BCUT2D eigenvalue weighted by molar-refractivity contribution is 6.24. The van der Waals surface area contributed by atoms with Crippen LogP contribution in [0.4, 0.5) is 5.69 Å². The molecule has 0 fully saturated rings. The first-order valence-corrected chi connectivity index (χ1v) is 4.78. The highest BCUT2D eigenvalue weighted by atomic mass is 16.4. The second-order valence-electron chi connectivity index (χ2n) is 3.10. The number of carboxylic acid groups (broad SMARTS) is 1. The fraction of sp³-hybridized carbons (Fsp3) is 0. The van der Waals surface area contributed by atoms with Gasteiger partial charge in [-0.3, -0.25) is 4.98 Å². The molecule has 0 aliphatic rings. The van der Waals surface area contributed by atoms with Gasteiger partial charge >= 0.3 is 5.97 Å². The van der Waals surface area contributed by atoms with Crippen molar-refractivity contribution in [3.63, 3.8) is 0 Å². The van der Waals surface area contributed by atoms with E-state index in [4.69, 9.17) is 9.52 Å². The van der Waals surface area contributed by atoms with E-state index in [2.05, 4.69) is 15.8 Å². The van der Waals surface area contributed by atoms with Gasteiger partial charge in [0.25, 0.3) is 0 Å². The Labute approximate surface area is 96.8 Å². The number of carboxylic acids is 1. The summed E-state index contributed by atoms with van der Waals surface area (Å²) in [5.74, 6) is 1.33. The minimum atomic E-state index is -1.13. The zero-order valence-corrected chi connectivity index (χ0v) is 8.70. The molecule has 0 amide bonds. The van der Waals surface area contributed by atoms with E-state index in [-0.39, 0.29) is 5.57 Å². The summed E-state index contributed by atoms with van der Waals surface area (Å²) in [7, 11) is 0. The van der Waals surface area contributed by atoms with Crippen LogP contribution >= 0.6 is 0 Å². The molecule has 0 aliphatic heterocycles. The number of aliphatic imine (C=N–C) groups is 1. The fourth-order valence-electron chi connectivity index (χ4n) is 1.17. The minimum absolute atomic E-state index is 0.0909. The molecule has 0 bridgehead atoms. The fourth-order valence-corrected chi connectivity index (χ4v) is 1.17. The summed E-state index contributed by atoms with van der Waals surface area (Å²) >= 11 is 0. The van der Waals surface area contributed by atoms with Crippen LogP contribution in [-0.4, -0.2) is 21.9 Å². The van der Waals surface area contributed by atoms with Gasteiger partial charge in [0.05, 0.1) is 12.0 Å². The molecular formula is C12H8N2O3. The predicted molar refractivity (Wildman–Crippen MR) is 61.1 cm³/mol. The van der Waals surface area contributed by atoms with Gasteiger partial charge in [0.15, 0.2) is 0 Å². The van der Waals surface area contributed by atoms with E-state index in [0.717, 1.165) is 0 Å². The van der Waals surface area contributed by atoms with Crippen molar-refractivity contribution in [3.8, 4) is 0 Å². The number of furan rings is 1. The highest BCUT2D eigenvalue weighted by Gasteiger charge is 2.10. The topological polar surface area (TPSA) is 75.7 Å². The van der Waals surface area contributed by atoms with Crippen LogP contribution in [0.5, 0.6) is 0 Å². The number of hydrogen-bond acceptors (Lipinski definition) is 4. The van der Waals surface area contributed by atoms with Crippen LogP contribution in [0.15, 0.2) is 52.4 Å². The molecule has 84 valence electrons. The Morgan fingerprint density at radius 2 is 2.29 bits per heavy atom. The van der Waals surface area contributed by atoms with Crippen LogP contribution in [0.3, 0.4) is 0 Å². The van der Waals surface area contributed by atoms with Crippen molar-refractivity contribution in [3.05, 3.63) is 48.7 Å². The molecular weight excluding hydrogens is 220 g/mol. The Balaban J connectivity index is 2.43. The monoisotopic (exact) mass is 228 g/mol. The lowest BCUT2D eigenvalue weighted by Gasteiger charge is -1.95. The second kappa shape index (κ2) is 4.92. The lowest BCUT2D eigenvalue weighted by atomic mass is 10.2. The molecule has 2 aromatic rings. The highest BCUT2D eigenvalue weighted by Crippen LogP contribution is 2.12. The van der Waals surface area contributed by atoms with Gasteiger partial charge in [0, 0.05) is 18.1 Å². The van der Waals surface area contributed by atoms with Crippen molar-refractivity contribution in [2.45, 2.75) is 0 Å². The maximum absolute atomic E-state index is 11.0. The lowest BCUT2D eigenvalue weighted by Crippen LogP contribution is -2.01. The molecule has 1 N–H and O–H groups in total. The van der Waals surface area contributed by atoms with Gasteiger partial charge in [-0.15, -0.1) is 0 Å². The van der Waals surface area contributed by atoms with E-state index in [9.17, 15) is 4.79 Å². The predicted octanol–water partition coefficient (Wildman–Crippen LogP) is 2.14. The van der Waals surface area contributed by atoms with Gasteiger partial charge in [0.1, 0.15) is 17.5 Å². The number of rotatable bonds is 3. The Morgan fingerprint density at radius 1 is 1.41 bits per heavy atom. The van der Waals surface area contributed by atoms with Gasteiger partial charge in [-0.05, 0) is 12.1 Å². The van der Waals surface area contributed by atoms with E-state index >= 15 is 0 Å². The Kier molecular flexibility index (Phi) is 3.14. The molecule has 5 heteroatoms. The summed E-state index contributed by atoms with van der Waals surface area (Å²) in [5, 5.41) is 9.03. The van der Waals surface area contributed by atoms with Crippen molar-refractivity contribution >= 4 is 23.1 Å². The number of aromatic nitrogens is 1. The van der Waals surface area contributed by atoms with Crippen LogP contribution in [0.25, 0.3) is 5.57 Å². The quantitative estimate of drug-likeness (QED) is 0.645. The number of carbonyl (C=O) groups is 1. The average Bonchev–Trinajstić information content (AvgIpc) is 2.83. The molecule has 17 heavy (non-hydrogen) atoms. The SMILES string of the molecule is O=C(O)C(=C=Nc1ccoc1)c1ccccn1. The molecule has 2 aromatic heterocycles. The summed E-state index contributed by atoms with van der Waals surface area (Å²) in [6.07, 6.45) is 4.35. The number of aliphatic carboxylic acids is 1. The van der Waals surface area contributed by atoms with Gasteiger partial charge in [-0.25, -0.2) is 9.79 Å². The number of nitrogens with zero attached hydrogens (tertiary/aromatic N) is 2. The molecule has 0 saturated heterocycles. The largest absolute Gasteiger partial charge is 0.477 e. The Bertz CT molecular complexity index is 567. The van der Waals surface area contributed by atoms with Gasteiger partial charge in [-0.1, -0.05) is 6.07 Å². The molecule has 0 spiro atoms. The maximum atomic E-state index is 11.0. The third kappa shape index (κ3) is 2.68. The van der Waals surface area contributed by atoms with E-state index < -0.39 is 5.97 Å². The summed E-state index contributed by atoms with van der Waals surface area (Å²) < 4.78 is 4.81. The number of pyridine rings is 1. The Morgan fingerprint density at radius 3 is 2.88 bits per heavy atom. The summed E-state index contributed by atoms with van der Waals surface area (Å²) in [6.45, 7) is 0. The third-order valence-corrected chi connectivity index (χ3v) is 1.94. The zero-order valence-electron chi connectivity index (χ0n) is 8.70. The number of hydrogen-bond donors (Lipinski definition) is 1. The van der Waals surface area contributed by atoms with Crippen LogP contribution in [0, 0.1) is 0 Å². The molecule has 0 aromatic carbocycles. The molecule has 0 unspecified atom stereocenters. The smallest absolute Gasteiger partial charge is 0.347 e. The van der Waals surface area contributed by atoms with Crippen LogP contribution in [0.1, 0.15) is 5.69 Å². The zero-order chi connectivity index (χ0) is 12.1. The van der Waals surface area contributed by atoms with Crippen molar-refractivity contribution in [2.75, 3.05) is 0 Å². The normalized spacial score (nSPS) is 9.41. The van der Waals surface area contributed by atoms with Crippen LogP contribution in [-0.2, 0) is 4.79 Å². The van der Waals surface area contributed by atoms with Crippen molar-refractivity contribution in [1.29, 1.82) is 0 Å². The molecule has 0 atom stereocenters. The molecule has 0 radical (unpaired) electrons. The van der Waals surface area contributed by atoms with Crippen molar-refractivity contribution in [2.24, 2.45) is 4.99 Å². The van der Waals surface area contributed by atoms with Crippen LogP contribution in [0.2, 0.25) is 0 Å². The van der Waals surface area contributed by atoms with Gasteiger partial charge in [0.2, 0.25) is 0 Å². The van der Waals surface area contributed by atoms with E-state index in [1.54, 1.807) is 24.3 Å². The summed E-state index contributed by atoms with van der Waals surface area (Å²) in [6, 6.07) is 6.59. The molecule has 0 aliphatic carbocycles. The lowest BCUT2D eigenvalue weighted by molar-refractivity contribution is -0.130. The van der Waals surface area contributed by atoms with Gasteiger partial charge in [-0.2, -0.15) is 0 Å². The third-order valence-electron chi connectivity index (χ3n) is 1.94. The second-order valence-corrected chi connectivity index (χ2v) is 3.10. The standard InChI is InChI=1S/C12H8N2O3/c15-12(16)10(11-3-1-2-5-13-11)7-14-9-4-6-17-8-9/h1-6,8H,(H,15,16). The van der Waals surface area contributed by atoms with Crippen molar-refractivity contribution in [1.82, 2.24) is 4.98 Å². The molecule has 0 saturated carbocycles. The Hall–Kier alpha value is -2.65. The first-order chi connectivity index (χ1) is 8.27. The van der Waals surface area contributed by atoms with Gasteiger partial charge < -0.3 is 9.52 Å². The van der Waals surface area contributed by atoms with Crippen molar-refractivity contribution < 1.29 is 14.3 Å². The first-order valence-electron chi connectivity index (χ1n) is 4.78. The maximum Gasteiger partial charge on any atom is 0.347 e. The molecule has 2 heterocycles. The molecule has 2 rings (SSSR count). The van der Waals surface area contributed by atoms with E-state index in [1.807, 2.05) is 0 Å². The minimum Gasteiger partial charge on any atom is -0.477 e. The first kappa shape index (κ1) is 10.9. The van der Waals surface area contributed by atoms with Crippen LogP contribution < -0.4 is 0 Å². The van der Waals surface area contributed by atoms with E-state index in [1.165, 1.54) is 18.7 Å². The molecule has 5 nitrogen and oxygen atoms in total. The van der Waals surface area contributed by atoms with E-state index in [0.29, 0.717) is 11.4 Å². The summed E-state index contributed by atoms with van der Waals surface area (Å²) in [5.41, 5.74) is 0.721. The average molecular weight is 228 g/mol. The summed E-state index contributed by atoms with van der Waals surface area (Å²) in [4.78, 5) is 18.8.